The summed E-state index contributed by atoms with van der Waals surface area (Å²) >= 11 is 5.34. The highest BCUT2D eigenvalue weighted by Crippen LogP contribution is 2.38. The first-order valence-electron chi connectivity index (χ1n) is 8.04. The summed E-state index contributed by atoms with van der Waals surface area (Å²) in [7, 11) is -4.00. The van der Waals surface area contributed by atoms with E-state index in [4.69, 9.17) is 19.3 Å². The van der Waals surface area contributed by atoms with E-state index in [1.807, 2.05) is 24.3 Å². The van der Waals surface area contributed by atoms with Gasteiger partial charge in [0.05, 0.1) is 26.1 Å². The molecule has 0 amide bonds. The van der Waals surface area contributed by atoms with Gasteiger partial charge < -0.3 is 9.47 Å². The van der Waals surface area contributed by atoms with E-state index in [-0.39, 0.29) is 18.8 Å². The summed E-state index contributed by atoms with van der Waals surface area (Å²) in [5.74, 6) is 1.63. The molecule has 2 aromatic carbocycles. The molecule has 0 aliphatic heterocycles. The molecule has 0 saturated carbocycles. The monoisotopic (exact) mass is 656 g/mol. The van der Waals surface area contributed by atoms with Crippen LogP contribution in [0.25, 0.3) is 10.8 Å². The SMILES string of the molecule is O=S(=O)(O)CCCOc1c(I)ccc2c(OCCCSOOO)c(I)ccc12. The average molecular weight is 656 g/mol. The van der Waals surface area contributed by atoms with Crippen LogP contribution in [0.3, 0.4) is 0 Å². The van der Waals surface area contributed by atoms with Crippen LogP contribution >= 0.6 is 57.2 Å². The highest BCUT2D eigenvalue weighted by Gasteiger charge is 2.14. The molecular formula is C16H18I2O8S2. The van der Waals surface area contributed by atoms with Crippen LogP contribution < -0.4 is 9.47 Å². The van der Waals surface area contributed by atoms with Crippen LogP contribution in [-0.4, -0.2) is 42.9 Å². The van der Waals surface area contributed by atoms with Crippen LogP contribution in [0.2, 0.25) is 0 Å². The van der Waals surface area contributed by atoms with Crippen molar-refractivity contribution in [3.05, 3.63) is 31.4 Å². The number of rotatable bonds is 12. The van der Waals surface area contributed by atoms with E-state index in [0.29, 0.717) is 24.5 Å². The molecule has 156 valence electrons. The zero-order valence-electron chi connectivity index (χ0n) is 14.5. The third-order valence-corrected chi connectivity index (χ3v) is 6.61. The van der Waals surface area contributed by atoms with Crippen LogP contribution in [0.5, 0.6) is 11.5 Å². The lowest BCUT2D eigenvalue weighted by molar-refractivity contribution is -0.432. The summed E-state index contributed by atoms with van der Waals surface area (Å²) in [6.45, 7) is 0.620. The van der Waals surface area contributed by atoms with Gasteiger partial charge >= 0.3 is 0 Å². The molecule has 28 heavy (non-hydrogen) atoms. The van der Waals surface area contributed by atoms with Crippen molar-refractivity contribution >= 4 is 78.1 Å². The van der Waals surface area contributed by atoms with Crippen molar-refractivity contribution in [3.8, 4) is 11.5 Å². The van der Waals surface area contributed by atoms with Crippen molar-refractivity contribution < 1.29 is 37.1 Å². The van der Waals surface area contributed by atoms with Gasteiger partial charge in [-0.3, -0.25) is 4.55 Å². The lowest BCUT2D eigenvalue weighted by Gasteiger charge is -2.15. The fourth-order valence-electron chi connectivity index (χ4n) is 2.35. The van der Waals surface area contributed by atoms with Gasteiger partial charge in [-0.05, 0) is 82.3 Å². The van der Waals surface area contributed by atoms with Crippen LogP contribution in [0, 0.1) is 7.14 Å². The molecule has 0 radical (unpaired) electrons. The Morgan fingerprint density at radius 2 is 1.46 bits per heavy atom. The van der Waals surface area contributed by atoms with Gasteiger partial charge in [-0.1, -0.05) is 5.04 Å². The zero-order chi connectivity index (χ0) is 20.6. The second-order valence-electron chi connectivity index (χ2n) is 5.50. The van der Waals surface area contributed by atoms with Gasteiger partial charge in [-0.25, -0.2) is 5.26 Å². The van der Waals surface area contributed by atoms with E-state index < -0.39 is 10.1 Å². The van der Waals surface area contributed by atoms with E-state index in [1.54, 1.807) is 0 Å². The molecular weight excluding hydrogens is 638 g/mol. The molecule has 0 aromatic heterocycles. The molecule has 12 heteroatoms. The fraction of sp³-hybridized carbons (Fsp3) is 0.375. The molecule has 2 N–H and O–H groups in total. The van der Waals surface area contributed by atoms with Crippen molar-refractivity contribution in [2.45, 2.75) is 12.8 Å². The lowest BCUT2D eigenvalue weighted by Crippen LogP contribution is -2.09. The fourth-order valence-corrected chi connectivity index (χ4v) is 4.44. The van der Waals surface area contributed by atoms with Crippen molar-refractivity contribution in [1.29, 1.82) is 0 Å². The maximum absolute atomic E-state index is 10.8. The molecule has 0 atom stereocenters. The quantitative estimate of drug-likeness (QED) is 0.0850. The highest BCUT2D eigenvalue weighted by molar-refractivity contribution is 14.1. The third kappa shape index (κ3) is 7.62. The van der Waals surface area contributed by atoms with Gasteiger partial charge in [0.15, 0.2) is 0 Å². The number of hydrogen-bond acceptors (Lipinski definition) is 8. The van der Waals surface area contributed by atoms with E-state index in [0.717, 1.165) is 35.7 Å². The molecule has 0 spiro atoms. The van der Waals surface area contributed by atoms with Crippen LogP contribution in [0.4, 0.5) is 0 Å². The first kappa shape index (κ1) is 24.2. The smallest absolute Gasteiger partial charge is 0.264 e. The number of ether oxygens (including phenoxy) is 2. The molecule has 0 saturated heterocycles. The standard InChI is InChI=1S/C16H18I2O8S2/c17-13-5-4-12-11(15(13)23-7-1-9-27-26-25-19)3-6-14(18)16(12)24-8-2-10-28(20,21)22/h3-6,19H,1-2,7-10H2,(H,20,21,22). The van der Waals surface area contributed by atoms with Gasteiger partial charge in [-0.2, -0.15) is 8.42 Å². The van der Waals surface area contributed by atoms with Gasteiger partial charge in [0.25, 0.3) is 10.1 Å². The Labute approximate surface area is 194 Å². The molecule has 8 nitrogen and oxygen atoms in total. The van der Waals surface area contributed by atoms with E-state index in [2.05, 4.69) is 54.6 Å². The van der Waals surface area contributed by atoms with Crippen LogP contribution in [0.15, 0.2) is 24.3 Å². The Balaban J connectivity index is 2.12. The van der Waals surface area contributed by atoms with Crippen molar-refractivity contribution in [2.24, 2.45) is 0 Å². The number of fused-ring (bicyclic) bond motifs is 1. The largest absolute Gasteiger partial charge is 0.492 e. The Bertz CT molecular complexity index is 892. The zero-order valence-corrected chi connectivity index (χ0v) is 20.4. The van der Waals surface area contributed by atoms with Gasteiger partial charge in [0.1, 0.15) is 11.5 Å². The highest BCUT2D eigenvalue weighted by atomic mass is 127. The topological polar surface area (TPSA) is 112 Å². The van der Waals surface area contributed by atoms with Gasteiger partial charge in [-0.15, -0.1) is 4.33 Å². The van der Waals surface area contributed by atoms with Crippen molar-refractivity contribution in [1.82, 2.24) is 0 Å². The average Bonchev–Trinajstić information content (AvgIpc) is 2.63. The first-order valence-corrected chi connectivity index (χ1v) is 12.7. The van der Waals surface area contributed by atoms with E-state index in [9.17, 15) is 8.42 Å². The van der Waals surface area contributed by atoms with Gasteiger partial charge in [0.2, 0.25) is 0 Å². The van der Waals surface area contributed by atoms with Crippen LogP contribution in [-0.2, 0) is 19.5 Å². The second-order valence-corrected chi connectivity index (χ2v) is 10.2. The molecule has 0 bridgehead atoms. The Kier molecular flexibility index (Phi) is 10.3. The molecule has 0 fully saturated rings. The summed E-state index contributed by atoms with van der Waals surface area (Å²) in [6.07, 6.45) is 0.875. The Morgan fingerprint density at radius 1 is 0.929 bits per heavy atom. The first-order chi connectivity index (χ1) is 13.3. The third-order valence-electron chi connectivity index (χ3n) is 3.50. The molecule has 0 heterocycles. The summed E-state index contributed by atoms with van der Waals surface area (Å²) in [6, 6.07) is 7.73. The summed E-state index contributed by atoms with van der Waals surface area (Å²) in [5.41, 5.74) is 0. The normalized spacial score (nSPS) is 11.7. The lowest BCUT2D eigenvalue weighted by atomic mass is 10.1. The minimum atomic E-state index is -4.00. The molecule has 0 aliphatic rings. The Morgan fingerprint density at radius 3 is 1.96 bits per heavy atom. The Hall–Kier alpha value is -0.100. The van der Waals surface area contributed by atoms with Crippen molar-refractivity contribution in [2.75, 3.05) is 24.7 Å². The maximum atomic E-state index is 10.8. The summed E-state index contributed by atoms with van der Waals surface area (Å²) < 4.78 is 48.4. The molecule has 2 rings (SSSR count). The summed E-state index contributed by atoms with van der Waals surface area (Å²) in [5, 5.41) is 13.4. The number of benzene rings is 2. The van der Waals surface area contributed by atoms with Gasteiger partial charge in [0, 0.05) is 28.6 Å². The van der Waals surface area contributed by atoms with E-state index >= 15 is 0 Å². The maximum Gasteiger partial charge on any atom is 0.264 e. The molecule has 0 unspecified atom stereocenters. The molecule has 0 aliphatic carbocycles. The molecule has 2 aromatic rings. The number of halogens is 2. The van der Waals surface area contributed by atoms with E-state index in [1.165, 1.54) is 0 Å². The predicted octanol–water partition coefficient (Wildman–Crippen LogP) is 4.54. The summed E-state index contributed by atoms with van der Waals surface area (Å²) in [4.78, 5) is 0. The minimum absolute atomic E-state index is 0.168. The predicted molar refractivity (Wildman–Crippen MR) is 123 cm³/mol. The van der Waals surface area contributed by atoms with Crippen molar-refractivity contribution in [3.63, 3.8) is 0 Å². The number of hydrogen-bond donors (Lipinski definition) is 2. The van der Waals surface area contributed by atoms with Crippen LogP contribution in [0.1, 0.15) is 12.8 Å². The minimum Gasteiger partial charge on any atom is -0.492 e. The second kappa shape index (κ2) is 11.9.